The summed E-state index contributed by atoms with van der Waals surface area (Å²) in [6, 6.07) is 7.74. The molecule has 0 bridgehead atoms. The van der Waals surface area contributed by atoms with Crippen molar-refractivity contribution in [3.8, 4) is 0 Å². The number of rotatable bonds is 4. The van der Waals surface area contributed by atoms with Crippen molar-refractivity contribution in [3.63, 3.8) is 0 Å². The molecule has 1 atom stereocenters. The molecule has 1 aliphatic carbocycles. The number of esters is 2. The van der Waals surface area contributed by atoms with Gasteiger partial charge in [0, 0.05) is 5.92 Å². The van der Waals surface area contributed by atoms with Crippen LogP contribution in [-0.4, -0.2) is 26.2 Å². The van der Waals surface area contributed by atoms with Gasteiger partial charge in [-0.1, -0.05) is 36.4 Å². The van der Waals surface area contributed by atoms with Crippen molar-refractivity contribution < 1.29 is 19.1 Å². The van der Waals surface area contributed by atoms with Crippen LogP contribution in [0.3, 0.4) is 0 Å². The molecule has 20 heavy (non-hydrogen) atoms. The number of methoxy groups -OCH3 is 2. The van der Waals surface area contributed by atoms with Crippen LogP contribution in [0.4, 0.5) is 0 Å². The number of allylic oxidation sites excluding steroid dienone is 1. The monoisotopic (exact) mass is 274 g/mol. The van der Waals surface area contributed by atoms with Crippen molar-refractivity contribution in [1.29, 1.82) is 0 Å². The zero-order chi connectivity index (χ0) is 14.8. The van der Waals surface area contributed by atoms with Crippen LogP contribution < -0.4 is 0 Å². The van der Waals surface area contributed by atoms with E-state index in [0.29, 0.717) is 6.42 Å². The zero-order valence-corrected chi connectivity index (χ0v) is 11.9. The van der Waals surface area contributed by atoms with E-state index < -0.39 is 17.4 Å². The summed E-state index contributed by atoms with van der Waals surface area (Å²) < 4.78 is 9.59. The maximum absolute atomic E-state index is 12.0. The molecule has 0 spiro atoms. The molecule has 1 aromatic rings. The number of benzene rings is 1. The summed E-state index contributed by atoms with van der Waals surface area (Å²) in [5.41, 5.74) is 0.803. The second kappa shape index (κ2) is 5.49. The molecule has 0 aliphatic heterocycles. The average molecular weight is 274 g/mol. The van der Waals surface area contributed by atoms with Crippen molar-refractivity contribution >= 4 is 18.0 Å². The lowest BCUT2D eigenvalue weighted by atomic mass is 9.95. The Labute approximate surface area is 118 Å². The molecular formula is C16H18O4. The first-order chi connectivity index (χ1) is 9.61. The minimum atomic E-state index is -1.18. The molecule has 1 unspecified atom stereocenters. The van der Waals surface area contributed by atoms with Gasteiger partial charge in [0.05, 0.1) is 14.2 Å². The van der Waals surface area contributed by atoms with Gasteiger partial charge < -0.3 is 9.47 Å². The highest BCUT2D eigenvalue weighted by Crippen LogP contribution is 2.61. The summed E-state index contributed by atoms with van der Waals surface area (Å²) >= 11 is 0. The van der Waals surface area contributed by atoms with Crippen molar-refractivity contribution in [3.05, 3.63) is 41.5 Å². The molecule has 0 heterocycles. The molecule has 0 saturated heterocycles. The molecule has 4 nitrogen and oxygen atoms in total. The quantitative estimate of drug-likeness (QED) is 0.625. The second-order valence-corrected chi connectivity index (χ2v) is 4.84. The minimum Gasteiger partial charge on any atom is -0.468 e. The molecule has 2 rings (SSSR count). The average Bonchev–Trinajstić information content (AvgIpc) is 3.23. The Morgan fingerprint density at radius 3 is 2.35 bits per heavy atom. The smallest absolute Gasteiger partial charge is 0.323 e. The second-order valence-electron chi connectivity index (χ2n) is 4.84. The predicted octanol–water partition coefficient (Wildman–Crippen LogP) is 2.54. The normalized spacial score (nSPS) is 19.6. The molecule has 1 saturated carbocycles. The van der Waals surface area contributed by atoms with E-state index in [1.54, 1.807) is 0 Å². The Kier molecular flexibility index (Phi) is 3.93. The fraction of sp³-hybridized carbons (Fsp3) is 0.375. The summed E-state index contributed by atoms with van der Waals surface area (Å²) in [5.74, 6) is -1.23. The van der Waals surface area contributed by atoms with E-state index in [9.17, 15) is 9.59 Å². The Morgan fingerprint density at radius 2 is 1.80 bits per heavy atom. The summed E-state index contributed by atoms with van der Waals surface area (Å²) in [5, 5.41) is 0. The Hall–Kier alpha value is -2.10. The third kappa shape index (κ3) is 2.11. The van der Waals surface area contributed by atoms with E-state index in [2.05, 4.69) is 0 Å². The molecule has 1 aliphatic rings. The first-order valence-electron chi connectivity index (χ1n) is 6.50. The molecule has 1 fully saturated rings. The fourth-order valence-electron chi connectivity index (χ4n) is 2.70. The topological polar surface area (TPSA) is 52.6 Å². The molecule has 0 amide bonds. The highest BCUT2D eigenvalue weighted by molar-refractivity contribution is 6.05. The van der Waals surface area contributed by atoms with E-state index >= 15 is 0 Å². The van der Waals surface area contributed by atoms with Gasteiger partial charge in [-0.25, -0.2) is 0 Å². The van der Waals surface area contributed by atoms with E-state index in [-0.39, 0.29) is 5.92 Å². The molecule has 106 valence electrons. The van der Waals surface area contributed by atoms with Gasteiger partial charge in [-0.3, -0.25) is 9.59 Å². The lowest BCUT2D eigenvalue weighted by Crippen LogP contribution is -2.30. The van der Waals surface area contributed by atoms with Gasteiger partial charge in [0.2, 0.25) is 0 Å². The third-order valence-corrected chi connectivity index (χ3v) is 3.78. The standard InChI is InChI=1S/C16H18O4/c1-4-7-11-8-5-6-9-12(11)13-10-16(13,14(17)19-2)15(18)20-3/h4-9,13H,10H2,1-3H3/b7-4+. The number of carbonyl (C=O) groups excluding carboxylic acids is 2. The largest absolute Gasteiger partial charge is 0.468 e. The number of ether oxygens (including phenoxy) is 2. The van der Waals surface area contributed by atoms with Crippen molar-refractivity contribution in [2.45, 2.75) is 19.3 Å². The van der Waals surface area contributed by atoms with Crippen molar-refractivity contribution in [2.75, 3.05) is 14.2 Å². The Morgan fingerprint density at radius 1 is 1.20 bits per heavy atom. The van der Waals surface area contributed by atoms with Gasteiger partial charge in [-0.15, -0.1) is 0 Å². The van der Waals surface area contributed by atoms with Crippen LogP contribution in [0.25, 0.3) is 6.08 Å². The molecule has 0 N–H and O–H groups in total. The molecule has 0 radical (unpaired) electrons. The number of hydrogen-bond donors (Lipinski definition) is 0. The number of hydrogen-bond acceptors (Lipinski definition) is 4. The van der Waals surface area contributed by atoms with Crippen LogP contribution in [0.15, 0.2) is 30.3 Å². The van der Waals surface area contributed by atoms with Crippen LogP contribution in [-0.2, 0) is 19.1 Å². The lowest BCUT2D eigenvalue weighted by molar-refractivity contribution is -0.161. The van der Waals surface area contributed by atoms with Crippen molar-refractivity contribution in [2.24, 2.45) is 5.41 Å². The zero-order valence-electron chi connectivity index (χ0n) is 11.9. The fourth-order valence-corrected chi connectivity index (χ4v) is 2.70. The maximum atomic E-state index is 12.0. The highest BCUT2D eigenvalue weighted by Gasteiger charge is 2.68. The van der Waals surface area contributed by atoms with Gasteiger partial charge in [0.25, 0.3) is 0 Å². The molecule has 4 heteroatoms. The van der Waals surface area contributed by atoms with E-state index in [0.717, 1.165) is 11.1 Å². The van der Waals surface area contributed by atoms with E-state index in [4.69, 9.17) is 9.47 Å². The van der Waals surface area contributed by atoms with Gasteiger partial charge in [0.15, 0.2) is 5.41 Å². The van der Waals surface area contributed by atoms with E-state index in [1.807, 2.05) is 43.3 Å². The first-order valence-corrected chi connectivity index (χ1v) is 6.50. The van der Waals surface area contributed by atoms with Crippen LogP contribution in [0.1, 0.15) is 30.4 Å². The van der Waals surface area contributed by atoms with Gasteiger partial charge >= 0.3 is 11.9 Å². The van der Waals surface area contributed by atoms with Crippen molar-refractivity contribution in [1.82, 2.24) is 0 Å². The molecular weight excluding hydrogens is 256 g/mol. The summed E-state index contributed by atoms with van der Waals surface area (Å²) in [6.45, 7) is 1.93. The maximum Gasteiger partial charge on any atom is 0.323 e. The lowest BCUT2D eigenvalue weighted by Gasteiger charge is -2.13. The molecule has 1 aromatic carbocycles. The van der Waals surface area contributed by atoms with Gasteiger partial charge in [-0.2, -0.15) is 0 Å². The van der Waals surface area contributed by atoms with Crippen LogP contribution in [0.2, 0.25) is 0 Å². The Bertz CT molecular complexity index is 543. The van der Waals surface area contributed by atoms with Crippen LogP contribution in [0.5, 0.6) is 0 Å². The van der Waals surface area contributed by atoms with Gasteiger partial charge in [-0.05, 0) is 24.5 Å². The first kappa shape index (κ1) is 14.3. The van der Waals surface area contributed by atoms with Gasteiger partial charge in [0.1, 0.15) is 0 Å². The number of carbonyl (C=O) groups is 2. The summed E-state index contributed by atoms with van der Waals surface area (Å²) in [4.78, 5) is 24.0. The third-order valence-electron chi connectivity index (χ3n) is 3.78. The predicted molar refractivity (Wildman–Crippen MR) is 75.0 cm³/mol. The van der Waals surface area contributed by atoms with E-state index in [1.165, 1.54) is 14.2 Å². The highest BCUT2D eigenvalue weighted by atomic mass is 16.5. The van der Waals surface area contributed by atoms with Crippen LogP contribution >= 0.6 is 0 Å². The van der Waals surface area contributed by atoms with Crippen LogP contribution in [0, 0.1) is 5.41 Å². The minimum absolute atomic E-state index is 0.185. The Balaban J connectivity index is 2.41. The summed E-state index contributed by atoms with van der Waals surface area (Å²) in [6.07, 6.45) is 4.33. The summed E-state index contributed by atoms with van der Waals surface area (Å²) in [7, 11) is 2.58. The SMILES string of the molecule is C/C=C/c1ccccc1C1CC1(C(=O)OC)C(=O)OC. The molecule has 0 aromatic heterocycles.